The molecule has 0 radical (unpaired) electrons. The Bertz CT molecular complexity index is 932. The van der Waals surface area contributed by atoms with Crippen LogP contribution in [0, 0.1) is 18.6 Å². The van der Waals surface area contributed by atoms with Crippen LogP contribution in [0.15, 0.2) is 42.6 Å². The molecule has 0 bridgehead atoms. The number of ether oxygens (including phenoxy) is 1. The van der Waals surface area contributed by atoms with Gasteiger partial charge in [0.15, 0.2) is 0 Å². The Kier molecular flexibility index (Phi) is 5.18. The van der Waals surface area contributed by atoms with E-state index in [0.29, 0.717) is 22.3 Å². The van der Waals surface area contributed by atoms with Crippen LogP contribution in [0.4, 0.5) is 31.9 Å². The van der Waals surface area contributed by atoms with Crippen molar-refractivity contribution in [3.63, 3.8) is 0 Å². The quantitative estimate of drug-likeness (QED) is 0.640. The van der Waals surface area contributed by atoms with E-state index in [0.717, 1.165) is 17.7 Å². The van der Waals surface area contributed by atoms with Crippen LogP contribution in [0.1, 0.15) is 5.56 Å². The van der Waals surface area contributed by atoms with Gasteiger partial charge in [-0.25, -0.2) is 13.8 Å². The molecule has 3 aromatic rings. The van der Waals surface area contributed by atoms with Crippen molar-refractivity contribution in [1.82, 2.24) is 9.97 Å². The Hall–Kier alpha value is -2.93. The van der Waals surface area contributed by atoms with Gasteiger partial charge in [0.25, 0.3) is 0 Å². The van der Waals surface area contributed by atoms with Crippen LogP contribution in [0.2, 0.25) is 5.02 Å². The van der Waals surface area contributed by atoms with Gasteiger partial charge in [0.2, 0.25) is 5.95 Å². The summed E-state index contributed by atoms with van der Waals surface area (Å²) < 4.78 is 32.8. The molecule has 0 fully saturated rings. The maximum absolute atomic E-state index is 13.8. The lowest BCUT2D eigenvalue weighted by Crippen LogP contribution is -2.04. The molecule has 0 unspecified atom stereocenters. The molecule has 0 saturated heterocycles. The number of para-hydroxylation sites is 1. The number of aryl methyl sites for hydroxylation is 1. The van der Waals surface area contributed by atoms with E-state index in [2.05, 4.69) is 20.6 Å². The van der Waals surface area contributed by atoms with Crippen molar-refractivity contribution >= 4 is 34.7 Å². The smallest absolute Gasteiger partial charge is 0.229 e. The number of nitrogens with one attached hydrogen (secondary N) is 2. The van der Waals surface area contributed by atoms with Gasteiger partial charge in [-0.05, 0) is 36.8 Å². The van der Waals surface area contributed by atoms with E-state index in [1.54, 1.807) is 12.1 Å². The molecule has 5 nitrogen and oxygen atoms in total. The standard InChI is InChI=1S/C18H15ClF2N4O/c1-10-8-14(15(26-2)9-11(10)19)23-16-6-7-22-18(24-16)25-17-12(20)4-3-5-13(17)21/h3-9H,1-2H3,(H2,22,23,24,25). The molecular formula is C18H15ClF2N4O. The molecule has 0 aliphatic heterocycles. The minimum atomic E-state index is -0.734. The highest BCUT2D eigenvalue weighted by Crippen LogP contribution is 2.33. The number of rotatable bonds is 5. The second kappa shape index (κ2) is 7.53. The fourth-order valence-corrected chi connectivity index (χ4v) is 2.44. The van der Waals surface area contributed by atoms with E-state index >= 15 is 0 Å². The van der Waals surface area contributed by atoms with Gasteiger partial charge in [-0.15, -0.1) is 0 Å². The summed E-state index contributed by atoms with van der Waals surface area (Å²) in [6.45, 7) is 1.86. The first kappa shape index (κ1) is 17.9. The molecule has 0 spiro atoms. The second-order valence-electron chi connectivity index (χ2n) is 5.41. The zero-order chi connectivity index (χ0) is 18.7. The van der Waals surface area contributed by atoms with Crippen LogP contribution in [0.5, 0.6) is 5.75 Å². The third kappa shape index (κ3) is 3.83. The minimum Gasteiger partial charge on any atom is -0.495 e. The average Bonchev–Trinajstić information content (AvgIpc) is 2.61. The molecule has 3 rings (SSSR count). The van der Waals surface area contributed by atoms with Crippen LogP contribution in [0.25, 0.3) is 0 Å². The van der Waals surface area contributed by atoms with E-state index < -0.39 is 11.6 Å². The predicted molar refractivity (Wildman–Crippen MR) is 97.7 cm³/mol. The molecule has 0 aliphatic carbocycles. The molecule has 26 heavy (non-hydrogen) atoms. The third-order valence-electron chi connectivity index (χ3n) is 3.60. The number of benzene rings is 2. The van der Waals surface area contributed by atoms with Crippen LogP contribution >= 0.6 is 11.6 Å². The van der Waals surface area contributed by atoms with Gasteiger partial charge in [0, 0.05) is 17.3 Å². The summed E-state index contributed by atoms with van der Waals surface area (Å²) in [6, 6.07) is 8.70. The first-order chi connectivity index (χ1) is 12.5. The third-order valence-corrected chi connectivity index (χ3v) is 4.01. The summed E-state index contributed by atoms with van der Waals surface area (Å²) in [4.78, 5) is 8.20. The Labute approximate surface area is 154 Å². The zero-order valence-corrected chi connectivity index (χ0v) is 14.7. The lowest BCUT2D eigenvalue weighted by Gasteiger charge is -2.13. The Morgan fingerprint density at radius 2 is 1.81 bits per heavy atom. The van der Waals surface area contributed by atoms with Crippen molar-refractivity contribution in [1.29, 1.82) is 0 Å². The van der Waals surface area contributed by atoms with Gasteiger partial charge in [-0.1, -0.05) is 17.7 Å². The summed E-state index contributed by atoms with van der Waals surface area (Å²) in [5.41, 5.74) is 1.19. The van der Waals surface area contributed by atoms with Gasteiger partial charge in [0.1, 0.15) is 28.9 Å². The Morgan fingerprint density at radius 1 is 1.08 bits per heavy atom. The normalized spacial score (nSPS) is 10.5. The number of methoxy groups -OCH3 is 1. The Morgan fingerprint density at radius 3 is 2.50 bits per heavy atom. The summed E-state index contributed by atoms with van der Waals surface area (Å²) in [7, 11) is 1.53. The van der Waals surface area contributed by atoms with Crippen molar-refractivity contribution in [3.05, 3.63) is 64.8 Å². The van der Waals surface area contributed by atoms with Crippen molar-refractivity contribution in [2.75, 3.05) is 17.7 Å². The maximum atomic E-state index is 13.8. The van der Waals surface area contributed by atoms with Gasteiger partial charge >= 0.3 is 0 Å². The summed E-state index contributed by atoms with van der Waals surface area (Å²) in [5.74, 6) is -0.472. The number of anilines is 4. The monoisotopic (exact) mass is 376 g/mol. The highest BCUT2D eigenvalue weighted by molar-refractivity contribution is 6.31. The lowest BCUT2D eigenvalue weighted by atomic mass is 10.2. The molecule has 2 aromatic carbocycles. The van der Waals surface area contributed by atoms with Gasteiger partial charge in [0.05, 0.1) is 12.8 Å². The lowest BCUT2D eigenvalue weighted by molar-refractivity contribution is 0.416. The van der Waals surface area contributed by atoms with Crippen molar-refractivity contribution in [2.45, 2.75) is 6.92 Å². The topological polar surface area (TPSA) is 59.1 Å². The highest BCUT2D eigenvalue weighted by Gasteiger charge is 2.11. The number of hydrogen-bond acceptors (Lipinski definition) is 5. The van der Waals surface area contributed by atoms with Gasteiger partial charge in [-0.2, -0.15) is 4.98 Å². The molecule has 134 valence electrons. The first-order valence-electron chi connectivity index (χ1n) is 7.63. The van der Waals surface area contributed by atoms with Crippen LogP contribution in [-0.2, 0) is 0 Å². The molecule has 0 amide bonds. The molecule has 1 heterocycles. The molecule has 0 atom stereocenters. The summed E-state index contributed by atoms with van der Waals surface area (Å²) >= 11 is 6.10. The molecular weight excluding hydrogens is 362 g/mol. The van der Waals surface area contributed by atoms with E-state index in [1.165, 1.54) is 19.4 Å². The van der Waals surface area contributed by atoms with Crippen LogP contribution in [-0.4, -0.2) is 17.1 Å². The average molecular weight is 377 g/mol. The number of aromatic nitrogens is 2. The number of hydrogen-bond donors (Lipinski definition) is 2. The largest absolute Gasteiger partial charge is 0.495 e. The van der Waals surface area contributed by atoms with Crippen LogP contribution < -0.4 is 15.4 Å². The van der Waals surface area contributed by atoms with Crippen molar-refractivity contribution in [2.24, 2.45) is 0 Å². The predicted octanol–water partition coefficient (Wildman–Crippen LogP) is 5.21. The molecule has 1 aromatic heterocycles. The van der Waals surface area contributed by atoms with E-state index in [-0.39, 0.29) is 11.6 Å². The maximum Gasteiger partial charge on any atom is 0.229 e. The fourth-order valence-electron chi connectivity index (χ4n) is 2.29. The Balaban J connectivity index is 1.88. The van der Waals surface area contributed by atoms with Crippen molar-refractivity contribution in [3.8, 4) is 5.75 Å². The van der Waals surface area contributed by atoms with Gasteiger partial charge < -0.3 is 15.4 Å². The molecule has 0 aliphatic rings. The van der Waals surface area contributed by atoms with Gasteiger partial charge in [-0.3, -0.25) is 0 Å². The summed E-state index contributed by atoms with van der Waals surface area (Å²) in [5, 5.41) is 6.21. The molecule has 0 saturated carbocycles. The fraction of sp³-hybridized carbons (Fsp3) is 0.111. The SMILES string of the molecule is COc1cc(Cl)c(C)cc1Nc1ccnc(Nc2c(F)cccc2F)n1. The molecule has 2 N–H and O–H groups in total. The van der Waals surface area contributed by atoms with Crippen LogP contribution in [0.3, 0.4) is 0 Å². The highest BCUT2D eigenvalue weighted by atomic mass is 35.5. The summed E-state index contributed by atoms with van der Waals surface area (Å²) in [6.07, 6.45) is 1.46. The minimum absolute atomic E-state index is 0.0450. The number of halogens is 3. The number of nitrogens with zero attached hydrogens (tertiary/aromatic N) is 2. The van der Waals surface area contributed by atoms with E-state index in [4.69, 9.17) is 16.3 Å². The van der Waals surface area contributed by atoms with Crippen molar-refractivity contribution < 1.29 is 13.5 Å². The van der Waals surface area contributed by atoms with E-state index in [9.17, 15) is 8.78 Å². The van der Waals surface area contributed by atoms with E-state index in [1.807, 2.05) is 13.0 Å². The first-order valence-corrected chi connectivity index (χ1v) is 8.01. The second-order valence-corrected chi connectivity index (χ2v) is 5.82. The molecule has 8 heteroatoms. The zero-order valence-electron chi connectivity index (χ0n) is 14.0.